The zero-order chi connectivity index (χ0) is 14.2. The Kier molecular flexibility index (Phi) is 8.31. The first-order chi connectivity index (χ1) is 8.32. The molecule has 0 aromatic carbocycles. The normalized spacial score (nSPS) is 17.7. The molecule has 0 saturated carbocycles. The van der Waals surface area contributed by atoms with Crippen molar-refractivity contribution in [2.24, 2.45) is 23.2 Å². The molecule has 0 aliphatic carbocycles. The summed E-state index contributed by atoms with van der Waals surface area (Å²) in [6.07, 6.45) is 12.0. The summed E-state index contributed by atoms with van der Waals surface area (Å²) < 4.78 is 0. The van der Waals surface area contributed by atoms with Crippen LogP contribution in [0.3, 0.4) is 0 Å². The molecule has 0 fully saturated rings. The molecule has 106 valence electrons. The monoisotopic (exact) mass is 250 g/mol. The first-order valence-electron chi connectivity index (χ1n) is 7.62. The third kappa shape index (κ3) is 7.74. The van der Waals surface area contributed by atoms with Crippen molar-refractivity contribution in [2.45, 2.75) is 67.2 Å². The standard InChI is InChI=1S/C18H34/c1-8-11-15(3)12-10-13-18(6,7)14-17(5)16(4)9-2/h9-10,13,15-17H,2,8,11-12,14H2,1,3-7H3. The summed E-state index contributed by atoms with van der Waals surface area (Å²) in [6, 6.07) is 0. The maximum Gasteiger partial charge on any atom is -0.0172 e. The molecule has 0 bridgehead atoms. The molecule has 0 heterocycles. The van der Waals surface area contributed by atoms with Crippen LogP contribution in [0.15, 0.2) is 24.8 Å². The minimum atomic E-state index is 0.308. The van der Waals surface area contributed by atoms with E-state index in [0.29, 0.717) is 17.3 Å². The Labute approximate surface area is 116 Å². The summed E-state index contributed by atoms with van der Waals surface area (Å²) in [4.78, 5) is 0. The maximum atomic E-state index is 3.90. The predicted octanol–water partition coefficient (Wildman–Crippen LogP) is 6.24. The lowest BCUT2D eigenvalue weighted by atomic mass is 9.78. The fourth-order valence-corrected chi connectivity index (χ4v) is 2.55. The van der Waals surface area contributed by atoms with Crippen LogP contribution >= 0.6 is 0 Å². The molecule has 0 aliphatic rings. The molecular formula is C18H34. The maximum absolute atomic E-state index is 3.90. The van der Waals surface area contributed by atoms with E-state index in [9.17, 15) is 0 Å². The van der Waals surface area contributed by atoms with Crippen molar-refractivity contribution in [1.29, 1.82) is 0 Å². The van der Waals surface area contributed by atoms with Crippen molar-refractivity contribution in [2.75, 3.05) is 0 Å². The molecule has 3 unspecified atom stereocenters. The molecule has 0 rings (SSSR count). The SMILES string of the molecule is C=CC(C)C(C)CC(C)(C)C=CCC(C)CCC. The van der Waals surface area contributed by atoms with E-state index in [1.165, 1.54) is 25.7 Å². The van der Waals surface area contributed by atoms with Crippen molar-refractivity contribution < 1.29 is 0 Å². The van der Waals surface area contributed by atoms with Crippen molar-refractivity contribution in [1.82, 2.24) is 0 Å². The Bertz CT molecular complexity index is 247. The molecule has 0 nitrogen and oxygen atoms in total. The van der Waals surface area contributed by atoms with Gasteiger partial charge >= 0.3 is 0 Å². The third-order valence-electron chi connectivity index (χ3n) is 4.01. The molecule has 0 saturated heterocycles. The second kappa shape index (κ2) is 8.56. The van der Waals surface area contributed by atoms with Crippen LogP contribution in [0.1, 0.15) is 67.2 Å². The zero-order valence-electron chi connectivity index (χ0n) is 13.5. The van der Waals surface area contributed by atoms with Crippen molar-refractivity contribution in [3.8, 4) is 0 Å². The Morgan fingerprint density at radius 1 is 1.17 bits per heavy atom. The van der Waals surface area contributed by atoms with E-state index in [1.54, 1.807) is 0 Å². The molecule has 0 heteroatoms. The largest absolute Gasteiger partial charge is 0.103 e. The van der Waals surface area contributed by atoms with Gasteiger partial charge in [0.05, 0.1) is 0 Å². The van der Waals surface area contributed by atoms with Gasteiger partial charge in [-0.1, -0.05) is 72.6 Å². The molecule has 0 radical (unpaired) electrons. The van der Waals surface area contributed by atoms with Gasteiger partial charge in [0, 0.05) is 0 Å². The summed E-state index contributed by atoms with van der Waals surface area (Å²) in [5, 5.41) is 0. The fourth-order valence-electron chi connectivity index (χ4n) is 2.55. The molecule has 0 amide bonds. The van der Waals surface area contributed by atoms with Crippen LogP contribution in [-0.4, -0.2) is 0 Å². The summed E-state index contributed by atoms with van der Waals surface area (Å²) in [5.74, 6) is 2.14. The Balaban J connectivity index is 4.20. The van der Waals surface area contributed by atoms with E-state index in [1.807, 2.05) is 0 Å². The number of rotatable bonds is 9. The van der Waals surface area contributed by atoms with Gasteiger partial charge in [-0.05, 0) is 36.0 Å². The predicted molar refractivity (Wildman–Crippen MR) is 84.8 cm³/mol. The average Bonchev–Trinajstić information content (AvgIpc) is 2.27. The highest BCUT2D eigenvalue weighted by molar-refractivity contribution is 4.97. The second-order valence-corrected chi connectivity index (χ2v) is 6.80. The molecule has 0 aromatic heterocycles. The van der Waals surface area contributed by atoms with Gasteiger partial charge in [0.2, 0.25) is 0 Å². The van der Waals surface area contributed by atoms with E-state index in [-0.39, 0.29) is 0 Å². The van der Waals surface area contributed by atoms with Crippen LogP contribution in [0, 0.1) is 23.2 Å². The zero-order valence-corrected chi connectivity index (χ0v) is 13.5. The summed E-state index contributed by atoms with van der Waals surface area (Å²) >= 11 is 0. The lowest BCUT2D eigenvalue weighted by Crippen LogP contribution is -2.16. The highest BCUT2D eigenvalue weighted by Crippen LogP contribution is 2.31. The second-order valence-electron chi connectivity index (χ2n) is 6.80. The molecule has 0 spiro atoms. The molecule has 0 aliphatic heterocycles. The van der Waals surface area contributed by atoms with Crippen LogP contribution in [0.4, 0.5) is 0 Å². The lowest BCUT2D eigenvalue weighted by Gasteiger charge is -2.27. The molecule has 3 atom stereocenters. The number of allylic oxidation sites excluding steroid dienone is 3. The summed E-state index contributed by atoms with van der Waals surface area (Å²) in [6.45, 7) is 17.8. The Morgan fingerprint density at radius 3 is 2.28 bits per heavy atom. The van der Waals surface area contributed by atoms with Gasteiger partial charge in [-0.2, -0.15) is 0 Å². The molecular weight excluding hydrogens is 216 g/mol. The third-order valence-corrected chi connectivity index (χ3v) is 4.01. The lowest BCUT2D eigenvalue weighted by molar-refractivity contribution is 0.305. The van der Waals surface area contributed by atoms with Gasteiger partial charge in [0.1, 0.15) is 0 Å². The molecule has 18 heavy (non-hydrogen) atoms. The summed E-state index contributed by atoms with van der Waals surface area (Å²) in [5.41, 5.74) is 0.308. The number of hydrogen-bond acceptors (Lipinski definition) is 0. The van der Waals surface area contributed by atoms with E-state index < -0.39 is 0 Å². The Hall–Kier alpha value is -0.520. The van der Waals surface area contributed by atoms with Gasteiger partial charge in [-0.15, -0.1) is 6.58 Å². The van der Waals surface area contributed by atoms with Gasteiger partial charge in [0.15, 0.2) is 0 Å². The van der Waals surface area contributed by atoms with E-state index in [0.717, 1.165) is 5.92 Å². The first-order valence-corrected chi connectivity index (χ1v) is 7.62. The average molecular weight is 250 g/mol. The van der Waals surface area contributed by atoms with Gasteiger partial charge in [-0.25, -0.2) is 0 Å². The van der Waals surface area contributed by atoms with Crippen molar-refractivity contribution >= 4 is 0 Å². The van der Waals surface area contributed by atoms with Crippen LogP contribution in [0.2, 0.25) is 0 Å². The highest BCUT2D eigenvalue weighted by atomic mass is 14.3. The molecule has 0 aromatic rings. The van der Waals surface area contributed by atoms with E-state index in [4.69, 9.17) is 0 Å². The van der Waals surface area contributed by atoms with E-state index in [2.05, 4.69) is 66.3 Å². The minimum absolute atomic E-state index is 0.308. The van der Waals surface area contributed by atoms with Crippen molar-refractivity contribution in [3.63, 3.8) is 0 Å². The van der Waals surface area contributed by atoms with Gasteiger partial charge in [-0.3, -0.25) is 0 Å². The van der Waals surface area contributed by atoms with Crippen LogP contribution < -0.4 is 0 Å². The summed E-state index contributed by atoms with van der Waals surface area (Å²) in [7, 11) is 0. The number of hydrogen-bond donors (Lipinski definition) is 0. The first kappa shape index (κ1) is 17.5. The highest BCUT2D eigenvalue weighted by Gasteiger charge is 2.20. The van der Waals surface area contributed by atoms with E-state index >= 15 is 0 Å². The quantitative estimate of drug-likeness (QED) is 0.425. The van der Waals surface area contributed by atoms with Gasteiger partial charge in [0.25, 0.3) is 0 Å². The fraction of sp³-hybridized carbons (Fsp3) is 0.778. The van der Waals surface area contributed by atoms with Gasteiger partial charge < -0.3 is 0 Å². The molecule has 0 N–H and O–H groups in total. The van der Waals surface area contributed by atoms with Crippen LogP contribution in [0.25, 0.3) is 0 Å². The van der Waals surface area contributed by atoms with Crippen molar-refractivity contribution in [3.05, 3.63) is 24.8 Å². The van der Waals surface area contributed by atoms with Crippen LogP contribution in [0.5, 0.6) is 0 Å². The minimum Gasteiger partial charge on any atom is -0.103 e. The topological polar surface area (TPSA) is 0 Å². The Morgan fingerprint density at radius 2 is 1.78 bits per heavy atom. The smallest absolute Gasteiger partial charge is 0.0172 e. The van der Waals surface area contributed by atoms with Crippen LogP contribution in [-0.2, 0) is 0 Å².